The largest absolute Gasteiger partial charge is 0.470 e. The van der Waals surface area contributed by atoms with Crippen LogP contribution in [0, 0.1) is 5.82 Å². The van der Waals surface area contributed by atoms with Crippen molar-refractivity contribution in [1.82, 2.24) is 24.6 Å². The van der Waals surface area contributed by atoms with Gasteiger partial charge in [-0.2, -0.15) is 5.10 Å². The first-order valence-electron chi connectivity index (χ1n) is 9.05. The van der Waals surface area contributed by atoms with E-state index in [2.05, 4.69) is 15.1 Å². The molecule has 144 valence electrons. The Hall–Kier alpha value is -3.29. The fourth-order valence-electron chi connectivity index (χ4n) is 3.42. The second-order valence-electron chi connectivity index (χ2n) is 6.66. The molecule has 0 bridgehead atoms. The van der Waals surface area contributed by atoms with Crippen molar-refractivity contribution in [1.29, 1.82) is 0 Å². The SMILES string of the molecule is Cn1nc(COc2cnccn2)c2c1CCN(C(=O)Cc1ccccc1F)C2. The van der Waals surface area contributed by atoms with Gasteiger partial charge in [0.1, 0.15) is 18.1 Å². The number of fused-ring (bicyclic) bond motifs is 1. The summed E-state index contributed by atoms with van der Waals surface area (Å²) in [6.07, 6.45) is 5.43. The minimum Gasteiger partial charge on any atom is -0.470 e. The molecule has 4 rings (SSSR count). The van der Waals surface area contributed by atoms with Crippen LogP contribution in [0.25, 0.3) is 0 Å². The van der Waals surface area contributed by atoms with Crippen LogP contribution < -0.4 is 4.74 Å². The van der Waals surface area contributed by atoms with Gasteiger partial charge in [-0.15, -0.1) is 0 Å². The zero-order valence-corrected chi connectivity index (χ0v) is 15.5. The van der Waals surface area contributed by atoms with Gasteiger partial charge in [-0.3, -0.25) is 14.5 Å². The van der Waals surface area contributed by atoms with E-state index >= 15 is 0 Å². The van der Waals surface area contributed by atoms with Crippen molar-refractivity contribution in [2.75, 3.05) is 6.54 Å². The summed E-state index contributed by atoms with van der Waals surface area (Å²) in [5, 5.41) is 4.54. The molecule has 1 aromatic carbocycles. The highest BCUT2D eigenvalue weighted by molar-refractivity contribution is 5.79. The van der Waals surface area contributed by atoms with E-state index in [4.69, 9.17) is 4.74 Å². The predicted octanol–water partition coefficient (Wildman–Crippen LogP) is 2.06. The Morgan fingerprint density at radius 2 is 2.14 bits per heavy atom. The molecule has 0 saturated carbocycles. The quantitative estimate of drug-likeness (QED) is 0.676. The van der Waals surface area contributed by atoms with Crippen molar-refractivity contribution in [2.45, 2.75) is 26.0 Å². The Balaban J connectivity index is 1.48. The van der Waals surface area contributed by atoms with Gasteiger partial charge in [-0.05, 0) is 11.6 Å². The summed E-state index contributed by atoms with van der Waals surface area (Å²) < 4.78 is 21.4. The van der Waals surface area contributed by atoms with Crippen molar-refractivity contribution in [3.8, 4) is 5.88 Å². The monoisotopic (exact) mass is 381 g/mol. The Morgan fingerprint density at radius 1 is 1.29 bits per heavy atom. The topological polar surface area (TPSA) is 73.1 Å². The fraction of sp³-hybridized carbons (Fsp3) is 0.300. The van der Waals surface area contributed by atoms with Crippen molar-refractivity contribution in [3.05, 3.63) is 71.2 Å². The van der Waals surface area contributed by atoms with Gasteiger partial charge in [0.05, 0.1) is 12.6 Å². The van der Waals surface area contributed by atoms with E-state index in [0.717, 1.165) is 17.0 Å². The van der Waals surface area contributed by atoms with Crippen LogP contribution in [-0.2, 0) is 37.8 Å². The third-order valence-electron chi connectivity index (χ3n) is 4.87. The maximum atomic E-state index is 13.9. The highest BCUT2D eigenvalue weighted by Gasteiger charge is 2.27. The van der Waals surface area contributed by atoms with E-state index in [1.165, 1.54) is 6.07 Å². The molecule has 0 radical (unpaired) electrons. The zero-order chi connectivity index (χ0) is 19.5. The first-order chi connectivity index (χ1) is 13.6. The van der Waals surface area contributed by atoms with E-state index in [-0.39, 0.29) is 24.8 Å². The molecule has 1 aliphatic rings. The lowest BCUT2D eigenvalue weighted by atomic mass is 10.0. The Bertz CT molecular complexity index is 990. The molecule has 3 aromatic rings. The van der Waals surface area contributed by atoms with Crippen LogP contribution in [0.1, 0.15) is 22.5 Å². The highest BCUT2D eigenvalue weighted by Crippen LogP contribution is 2.24. The summed E-state index contributed by atoms with van der Waals surface area (Å²) >= 11 is 0. The number of hydrogen-bond donors (Lipinski definition) is 0. The van der Waals surface area contributed by atoms with Crippen LogP contribution in [0.5, 0.6) is 5.88 Å². The van der Waals surface area contributed by atoms with Crippen molar-refractivity contribution in [2.24, 2.45) is 7.05 Å². The number of aryl methyl sites for hydroxylation is 1. The standard InChI is InChI=1S/C20H20FN5O2/c1-25-18-6-9-26(20(27)10-14-4-2-3-5-16(14)21)12-15(18)17(24-25)13-28-19-11-22-7-8-23-19/h2-5,7-8,11H,6,9-10,12-13H2,1H3. The summed E-state index contributed by atoms with van der Waals surface area (Å²) in [5.41, 5.74) is 3.26. The first kappa shape index (κ1) is 18.1. The highest BCUT2D eigenvalue weighted by atomic mass is 19.1. The Labute approximate surface area is 161 Å². The van der Waals surface area contributed by atoms with Crippen LogP contribution in [0.15, 0.2) is 42.9 Å². The van der Waals surface area contributed by atoms with Gasteiger partial charge in [0.25, 0.3) is 0 Å². The van der Waals surface area contributed by atoms with Gasteiger partial charge < -0.3 is 9.64 Å². The molecule has 0 saturated heterocycles. The van der Waals surface area contributed by atoms with Gasteiger partial charge in [0, 0.05) is 50.2 Å². The molecule has 0 aliphatic carbocycles. The molecule has 0 N–H and O–H groups in total. The normalized spacial score (nSPS) is 13.3. The second kappa shape index (κ2) is 7.75. The molecule has 0 atom stereocenters. The van der Waals surface area contributed by atoms with Gasteiger partial charge in [0.15, 0.2) is 0 Å². The maximum absolute atomic E-state index is 13.9. The Morgan fingerprint density at radius 3 is 2.93 bits per heavy atom. The molecule has 3 heterocycles. The number of carbonyl (C=O) groups excluding carboxylic acids is 1. The van der Waals surface area contributed by atoms with Crippen molar-refractivity contribution in [3.63, 3.8) is 0 Å². The van der Waals surface area contributed by atoms with Gasteiger partial charge >= 0.3 is 0 Å². The Kier molecular flexibility index (Phi) is 5.01. The van der Waals surface area contributed by atoms with Crippen LogP contribution in [0.4, 0.5) is 4.39 Å². The molecule has 8 heteroatoms. The lowest BCUT2D eigenvalue weighted by Gasteiger charge is -2.28. The summed E-state index contributed by atoms with van der Waals surface area (Å²) in [6, 6.07) is 6.38. The van der Waals surface area contributed by atoms with Crippen molar-refractivity contribution < 1.29 is 13.9 Å². The van der Waals surface area contributed by atoms with Gasteiger partial charge in [0.2, 0.25) is 11.8 Å². The third kappa shape index (κ3) is 3.71. The fourth-order valence-corrected chi connectivity index (χ4v) is 3.42. The van der Waals surface area contributed by atoms with E-state index in [9.17, 15) is 9.18 Å². The minimum atomic E-state index is -0.354. The number of aromatic nitrogens is 4. The third-order valence-corrected chi connectivity index (χ3v) is 4.87. The molecule has 1 aliphatic heterocycles. The maximum Gasteiger partial charge on any atom is 0.232 e. The van der Waals surface area contributed by atoms with Crippen LogP contribution in [0.2, 0.25) is 0 Å². The van der Waals surface area contributed by atoms with Gasteiger partial charge in [-0.25, -0.2) is 9.37 Å². The number of rotatable bonds is 5. The lowest BCUT2D eigenvalue weighted by molar-refractivity contribution is -0.131. The molecule has 28 heavy (non-hydrogen) atoms. The number of halogens is 1. The number of hydrogen-bond acceptors (Lipinski definition) is 5. The molecule has 0 unspecified atom stereocenters. The van der Waals surface area contributed by atoms with E-state index < -0.39 is 0 Å². The molecule has 0 fully saturated rings. The molecule has 0 spiro atoms. The number of amides is 1. The van der Waals surface area contributed by atoms with Crippen LogP contribution >= 0.6 is 0 Å². The van der Waals surface area contributed by atoms with E-state index in [1.54, 1.807) is 41.7 Å². The predicted molar refractivity (Wildman–Crippen MR) is 98.8 cm³/mol. The minimum absolute atomic E-state index is 0.0493. The summed E-state index contributed by atoms with van der Waals surface area (Å²) in [5.74, 6) is -0.0291. The molecule has 1 amide bonds. The summed E-state index contributed by atoms with van der Waals surface area (Å²) in [7, 11) is 1.89. The number of carbonyl (C=O) groups is 1. The lowest BCUT2D eigenvalue weighted by Crippen LogP contribution is -2.37. The molecular weight excluding hydrogens is 361 g/mol. The van der Waals surface area contributed by atoms with Gasteiger partial charge in [-0.1, -0.05) is 18.2 Å². The zero-order valence-electron chi connectivity index (χ0n) is 15.5. The van der Waals surface area contributed by atoms with Crippen molar-refractivity contribution >= 4 is 5.91 Å². The number of ether oxygens (including phenoxy) is 1. The summed E-state index contributed by atoms with van der Waals surface area (Å²) in [6.45, 7) is 1.27. The first-order valence-corrected chi connectivity index (χ1v) is 9.05. The number of nitrogens with zero attached hydrogens (tertiary/aromatic N) is 5. The average molecular weight is 381 g/mol. The number of benzene rings is 1. The van der Waals surface area contributed by atoms with Crippen LogP contribution in [-0.4, -0.2) is 37.1 Å². The molecular formula is C20H20FN5O2. The second-order valence-corrected chi connectivity index (χ2v) is 6.66. The average Bonchev–Trinajstić information content (AvgIpc) is 3.04. The van der Waals surface area contributed by atoms with Crippen LogP contribution in [0.3, 0.4) is 0 Å². The summed E-state index contributed by atoms with van der Waals surface area (Å²) in [4.78, 5) is 22.5. The molecule has 7 nitrogen and oxygen atoms in total. The smallest absolute Gasteiger partial charge is 0.232 e. The van der Waals surface area contributed by atoms with E-state index in [0.29, 0.717) is 31.0 Å². The van der Waals surface area contributed by atoms with E-state index in [1.807, 2.05) is 11.7 Å². The molecule has 2 aromatic heterocycles.